The normalized spacial score (nSPS) is 21.5. The predicted octanol–water partition coefficient (Wildman–Crippen LogP) is 3.73. The summed E-state index contributed by atoms with van der Waals surface area (Å²) in [5.74, 6) is 0.950. The van der Waals surface area contributed by atoms with Crippen molar-refractivity contribution in [2.24, 2.45) is 5.92 Å². The molecule has 2 fully saturated rings. The number of hydrogen-bond donors (Lipinski definition) is 0. The molecule has 4 rings (SSSR count). The minimum Gasteiger partial charge on any atom is -0.335 e. The van der Waals surface area contributed by atoms with Crippen molar-refractivity contribution >= 4 is 5.91 Å². The van der Waals surface area contributed by atoms with Crippen LogP contribution in [0, 0.1) is 5.92 Å². The number of aromatic nitrogens is 2. The van der Waals surface area contributed by atoms with Crippen molar-refractivity contribution in [1.29, 1.82) is 0 Å². The molecule has 1 unspecified atom stereocenters. The van der Waals surface area contributed by atoms with Gasteiger partial charge in [-0.2, -0.15) is 5.10 Å². The van der Waals surface area contributed by atoms with Gasteiger partial charge in [-0.05, 0) is 55.4 Å². The summed E-state index contributed by atoms with van der Waals surface area (Å²) >= 11 is 0. The second-order valence-electron chi connectivity index (χ2n) is 7.15. The van der Waals surface area contributed by atoms with Crippen LogP contribution in [0.4, 0.5) is 0 Å². The SMILES string of the molecule is O=C(c1ccc(Cn2cccn2)cc1)N1CCCC1C1CCCC1. The Morgan fingerprint density at radius 3 is 2.58 bits per heavy atom. The number of likely N-dealkylation sites (tertiary alicyclic amines) is 1. The van der Waals surface area contributed by atoms with Gasteiger partial charge in [-0.25, -0.2) is 0 Å². The fraction of sp³-hybridized carbons (Fsp3) is 0.500. The van der Waals surface area contributed by atoms with E-state index in [1.807, 2.05) is 29.1 Å². The van der Waals surface area contributed by atoms with E-state index in [4.69, 9.17) is 0 Å². The van der Waals surface area contributed by atoms with Gasteiger partial charge in [-0.15, -0.1) is 0 Å². The van der Waals surface area contributed by atoms with Gasteiger partial charge in [0.15, 0.2) is 0 Å². The van der Waals surface area contributed by atoms with Crippen molar-refractivity contribution < 1.29 is 4.79 Å². The molecular formula is C20H25N3O. The lowest BCUT2D eigenvalue weighted by Crippen LogP contribution is -2.39. The van der Waals surface area contributed by atoms with Gasteiger partial charge in [0, 0.05) is 30.5 Å². The summed E-state index contributed by atoms with van der Waals surface area (Å²) in [5, 5.41) is 4.23. The molecule has 0 spiro atoms. The Morgan fingerprint density at radius 1 is 1.08 bits per heavy atom. The summed E-state index contributed by atoms with van der Waals surface area (Å²) in [6, 6.07) is 10.5. The van der Waals surface area contributed by atoms with E-state index in [0.717, 1.165) is 31.0 Å². The van der Waals surface area contributed by atoms with E-state index in [1.165, 1.54) is 37.7 Å². The highest BCUT2D eigenvalue weighted by molar-refractivity contribution is 5.94. The molecule has 4 nitrogen and oxygen atoms in total. The van der Waals surface area contributed by atoms with Crippen LogP contribution in [0.1, 0.15) is 54.4 Å². The average molecular weight is 323 g/mol. The maximum absolute atomic E-state index is 13.0. The molecule has 1 atom stereocenters. The van der Waals surface area contributed by atoms with Crippen molar-refractivity contribution in [3.05, 3.63) is 53.9 Å². The summed E-state index contributed by atoms with van der Waals surface area (Å²) in [6.07, 6.45) is 11.4. The van der Waals surface area contributed by atoms with E-state index >= 15 is 0 Å². The van der Waals surface area contributed by atoms with Gasteiger partial charge in [0.2, 0.25) is 0 Å². The predicted molar refractivity (Wildman–Crippen MR) is 93.8 cm³/mol. The topological polar surface area (TPSA) is 38.1 Å². The Labute approximate surface area is 143 Å². The van der Waals surface area contributed by atoms with Crippen molar-refractivity contribution in [2.75, 3.05) is 6.54 Å². The Bertz CT molecular complexity index is 671. The molecule has 2 aromatic rings. The third kappa shape index (κ3) is 3.10. The largest absolute Gasteiger partial charge is 0.335 e. The smallest absolute Gasteiger partial charge is 0.254 e. The standard InChI is InChI=1S/C20H25N3O/c24-20(23-14-3-7-19(23)17-5-1-2-6-17)18-10-8-16(9-11-18)15-22-13-4-12-21-22/h4,8-13,17,19H,1-3,5-7,14-15H2. The summed E-state index contributed by atoms with van der Waals surface area (Å²) in [5.41, 5.74) is 1.99. The zero-order chi connectivity index (χ0) is 16.4. The molecule has 4 heteroatoms. The number of rotatable bonds is 4. The highest BCUT2D eigenvalue weighted by atomic mass is 16.2. The van der Waals surface area contributed by atoms with Gasteiger partial charge in [-0.3, -0.25) is 9.48 Å². The molecule has 0 radical (unpaired) electrons. The van der Waals surface area contributed by atoms with Crippen LogP contribution in [-0.4, -0.2) is 33.2 Å². The molecule has 0 bridgehead atoms. The third-order valence-electron chi connectivity index (χ3n) is 5.61. The molecule has 1 amide bonds. The van der Waals surface area contributed by atoms with Crippen LogP contribution >= 0.6 is 0 Å². The van der Waals surface area contributed by atoms with Gasteiger partial charge in [0.05, 0.1) is 6.54 Å². The molecular weight excluding hydrogens is 298 g/mol. The highest BCUT2D eigenvalue weighted by Gasteiger charge is 2.36. The summed E-state index contributed by atoms with van der Waals surface area (Å²) in [6.45, 7) is 1.67. The second kappa shape index (κ2) is 6.80. The first-order chi connectivity index (χ1) is 11.8. The van der Waals surface area contributed by atoms with Crippen LogP contribution < -0.4 is 0 Å². The summed E-state index contributed by atoms with van der Waals surface area (Å²) in [4.78, 5) is 15.1. The zero-order valence-electron chi connectivity index (χ0n) is 14.1. The molecule has 1 aromatic heterocycles. The lowest BCUT2D eigenvalue weighted by molar-refractivity contribution is 0.0689. The van der Waals surface area contributed by atoms with E-state index in [2.05, 4.69) is 22.1 Å². The van der Waals surface area contributed by atoms with Gasteiger partial charge >= 0.3 is 0 Å². The van der Waals surface area contributed by atoms with E-state index < -0.39 is 0 Å². The van der Waals surface area contributed by atoms with Crippen molar-refractivity contribution in [2.45, 2.75) is 51.1 Å². The molecule has 1 aliphatic carbocycles. The first-order valence-electron chi connectivity index (χ1n) is 9.18. The molecule has 1 saturated carbocycles. The van der Waals surface area contributed by atoms with Crippen molar-refractivity contribution in [3.63, 3.8) is 0 Å². The fourth-order valence-electron chi connectivity index (χ4n) is 4.38. The maximum atomic E-state index is 13.0. The molecule has 126 valence electrons. The third-order valence-corrected chi connectivity index (χ3v) is 5.61. The Balaban J connectivity index is 1.45. The van der Waals surface area contributed by atoms with Crippen LogP contribution in [0.5, 0.6) is 0 Å². The van der Waals surface area contributed by atoms with Gasteiger partial charge in [0.25, 0.3) is 5.91 Å². The molecule has 1 aliphatic heterocycles. The maximum Gasteiger partial charge on any atom is 0.254 e. The molecule has 2 aliphatic rings. The van der Waals surface area contributed by atoms with Crippen LogP contribution in [0.2, 0.25) is 0 Å². The van der Waals surface area contributed by atoms with Crippen LogP contribution in [0.3, 0.4) is 0 Å². The monoisotopic (exact) mass is 323 g/mol. The fourth-order valence-corrected chi connectivity index (χ4v) is 4.38. The van der Waals surface area contributed by atoms with Gasteiger partial charge in [-0.1, -0.05) is 25.0 Å². The number of nitrogens with zero attached hydrogens (tertiary/aromatic N) is 3. The minimum atomic E-state index is 0.218. The molecule has 1 saturated heterocycles. The van der Waals surface area contributed by atoms with E-state index in [-0.39, 0.29) is 5.91 Å². The molecule has 0 N–H and O–H groups in total. The Kier molecular flexibility index (Phi) is 4.37. The summed E-state index contributed by atoms with van der Waals surface area (Å²) < 4.78 is 1.90. The number of amides is 1. The van der Waals surface area contributed by atoms with E-state index in [0.29, 0.717) is 6.04 Å². The van der Waals surface area contributed by atoms with Crippen molar-refractivity contribution in [3.8, 4) is 0 Å². The minimum absolute atomic E-state index is 0.218. The van der Waals surface area contributed by atoms with Gasteiger partial charge < -0.3 is 4.90 Å². The highest BCUT2D eigenvalue weighted by Crippen LogP contribution is 2.36. The second-order valence-corrected chi connectivity index (χ2v) is 7.15. The van der Waals surface area contributed by atoms with Gasteiger partial charge in [0.1, 0.15) is 0 Å². The first kappa shape index (κ1) is 15.4. The quantitative estimate of drug-likeness (QED) is 0.860. The number of carbonyl (C=O) groups excluding carboxylic acids is 1. The van der Waals surface area contributed by atoms with Crippen molar-refractivity contribution in [1.82, 2.24) is 14.7 Å². The first-order valence-corrected chi connectivity index (χ1v) is 9.18. The van der Waals surface area contributed by atoms with Crippen LogP contribution in [-0.2, 0) is 6.54 Å². The molecule has 2 heterocycles. The number of carbonyl (C=O) groups is 1. The average Bonchev–Trinajstić information content (AvgIpc) is 3.36. The van der Waals surface area contributed by atoms with E-state index in [9.17, 15) is 4.79 Å². The number of hydrogen-bond acceptors (Lipinski definition) is 2. The lowest BCUT2D eigenvalue weighted by Gasteiger charge is -2.29. The number of benzene rings is 1. The van der Waals surface area contributed by atoms with Crippen LogP contribution in [0.15, 0.2) is 42.7 Å². The van der Waals surface area contributed by atoms with E-state index in [1.54, 1.807) is 6.20 Å². The zero-order valence-corrected chi connectivity index (χ0v) is 14.1. The van der Waals surface area contributed by atoms with Crippen LogP contribution in [0.25, 0.3) is 0 Å². The summed E-state index contributed by atoms with van der Waals surface area (Å²) in [7, 11) is 0. The lowest BCUT2D eigenvalue weighted by atomic mass is 9.95. The Hall–Kier alpha value is -2.10. The molecule has 1 aromatic carbocycles. The molecule has 24 heavy (non-hydrogen) atoms. The Morgan fingerprint density at radius 2 is 1.88 bits per heavy atom.